The van der Waals surface area contributed by atoms with Gasteiger partial charge in [-0.05, 0) is 74.5 Å². The van der Waals surface area contributed by atoms with Crippen molar-refractivity contribution in [2.24, 2.45) is 0 Å². The molecule has 3 rings (SSSR count). The van der Waals surface area contributed by atoms with Crippen molar-refractivity contribution in [1.29, 1.82) is 0 Å². The molecule has 3 amide bonds. The van der Waals surface area contributed by atoms with Crippen molar-refractivity contribution in [3.05, 3.63) is 83.8 Å². The highest BCUT2D eigenvalue weighted by atomic mass is 16.3. The summed E-state index contributed by atoms with van der Waals surface area (Å²) in [6.07, 6.45) is 1.41. The average Bonchev–Trinajstić information content (AvgIpc) is 3.34. The van der Waals surface area contributed by atoms with Gasteiger partial charge < -0.3 is 14.6 Å². The molecule has 0 bridgehead atoms. The van der Waals surface area contributed by atoms with Crippen LogP contribution in [-0.4, -0.2) is 30.8 Å². The summed E-state index contributed by atoms with van der Waals surface area (Å²) >= 11 is 0. The molecule has 160 valence electrons. The van der Waals surface area contributed by atoms with Gasteiger partial charge in [0.2, 0.25) is 0 Å². The van der Waals surface area contributed by atoms with Gasteiger partial charge >= 0.3 is 0 Å². The third-order valence-electron chi connectivity index (χ3n) is 4.70. The molecule has 3 N–H and O–H groups in total. The Bertz CT molecular complexity index is 1020. The van der Waals surface area contributed by atoms with Crippen molar-refractivity contribution < 1.29 is 18.8 Å². The van der Waals surface area contributed by atoms with Gasteiger partial charge in [0.05, 0.1) is 6.26 Å². The molecular weight excluding hydrogens is 396 g/mol. The fraction of sp³-hybridized carbons (Fsp3) is 0.174. The molecule has 0 saturated carbocycles. The number of anilines is 2. The van der Waals surface area contributed by atoms with Crippen molar-refractivity contribution in [1.82, 2.24) is 10.9 Å². The number of hydrogen-bond donors (Lipinski definition) is 3. The molecule has 31 heavy (non-hydrogen) atoms. The first-order valence-electron chi connectivity index (χ1n) is 9.92. The summed E-state index contributed by atoms with van der Waals surface area (Å²) < 4.78 is 5.03. The molecule has 0 radical (unpaired) electrons. The van der Waals surface area contributed by atoms with Crippen LogP contribution in [0.2, 0.25) is 0 Å². The lowest BCUT2D eigenvalue weighted by atomic mass is 10.2. The zero-order valence-electron chi connectivity index (χ0n) is 17.3. The second-order valence-electron chi connectivity index (χ2n) is 6.64. The van der Waals surface area contributed by atoms with E-state index in [1.165, 1.54) is 18.4 Å². The normalized spacial score (nSPS) is 10.3. The molecule has 8 heteroatoms. The number of amides is 3. The van der Waals surface area contributed by atoms with E-state index in [2.05, 4.69) is 34.9 Å². The smallest absolute Gasteiger partial charge is 0.291 e. The second-order valence-corrected chi connectivity index (χ2v) is 6.64. The first-order valence-corrected chi connectivity index (χ1v) is 9.92. The van der Waals surface area contributed by atoms with Crippen LogP contribution in [0, 0.1) is 0 Å². The molecule has 1 aromatic heterocycles. The zero-order valence-corrected chi connectivity index (χ0v) is 17.3. The van der Waals surface area contributed by atoms with Crippen LogP contribution in [0.3, 0.4) is 0 Å². The van der Waals surface area contributed by atoms with E-state index in [4.69, 9.17) is 4.42 Å². The van der Waals surface area contributed by atoms with Gasteiger partial charge in [-0.3, -0.25) is 25.2 Å². The summed E-state index contributed by atoms with van der Waals surface area (Å²) in [5, 5.41) is 2.67. The van der Waals surface area contributed by atoms with Crippen molar-refractivity contribution in [2.45, 2.75) is 13.8 Å². The van der Waals surface area contributed by atoms with Gasteiger partial charge in [-0.25, -0.2) is 0 Å². The van der Waals surface area contributed by atoms with Crippen LogP contribution in [0.4, 0.5) is 11.4 Å². The summed E-state index contributed by atoms with van der Waals surface area (Å²) in [6.45, 7) is 5.89. The van der Waals surface area contributed by atoms with Crippen LogP contribution in [0.15, 0.2) is 71.3 Å². The molecule has 0 unspecified atom stereocenters. The van der Waals surface area contributed by atoms with Gasteiger partial charge in [-0.2, -0.15) is 0 Å². The standard InChI is InChI=1S/C23H24N4O4/c1-3-27(4-2)19-13-9-17(10-14-19)22(29)26-25-21(28)16-7-11-18(12-8-16)24-23(30)20-6-5-15-31-20/h5-15H,3-4H2,1-2H3,(H,24,30)(H,25,28)(H,26,29). The molecule has 0 aliphatic rings. The Kier molecular flexibility index (Phi) is 7.05. The van der Waals surface area contributed by atoms with E-state index < -0.39 is 11.8 Å². The van der Waals surface area contributed by atoms with Crippen molar-refractivity contribution >= 4 is 29.1 Å². The third kappa shape index (κ3) is 5.51. The van der Waals surface area contributed by atoms with Gasteiger partial charge in [0.25, 0.3) is 17.7 Å². The Labute approximate surface area is 180 Å². The minimum absolute atomic E-state index is 0.190. The van der Waals surface area contributed by atoms with Gasteiger partial charge in [-0.15, -0.1) is 0 Å². The molecule has 0 atom stereocenters. The number of carbonyl (C=O) groups excluding carboxylic acids is 3. The summed E-state index contributed by atoms with van der Waals surface area (Å²) in [7, 11) is 0. The minimum Gasteiger partial charge on any atom is -0.459 e. The lowest BCUT2D eigenvalue weighted by Crippen LogP contribution is -2.41. The predicted octanol–water partition coefficient (Wildman–Crippen LogP) is 3.45. The van der Waals surface area contributed by atoms with E-state index >= 15 is 0 Å². The highest BCUT2D eigenvalue weighted by Gasteiger charge is 2.12. The van der Waals surface area contributed by atoms with Crippen LogP contribution < -0.4 is 21.1 Å². The monoisotopic (exact) mass is 420 g/mol. The van der Waals surface area contributed by atoms with Crippen molar-refractivity contribution in [3.63, 3.8) is 0 Å². The van der Waals surface area contributed by atoms with Crippen LogP contribution in [0.25, 0.3) is 0 Å². The van der Waals surface area contributed by atoms with Crippen molar-refractivity contribution in [2.75, 3.05) is 23.3 Å². The fourth-order valence-electron chi connectivity index (χ4n) is 2.98. The largest absolute Gasteiger partial charge is 0.459 e. The second kappa shape index (κ2) is 10.1. The molecule has 0 aliphatic carbocycles. The third-order valence-corrected chi connectivity index (χ3v) is 4.70. The van der Waals surface area contributed by atoms with E-state index in [9.17, 15) is 14.4 Å². The number of hydrazine groups is 1. The van der Waals surface area contributed by atoms with E-state index in [0.29, 0.717) is 16.8 Å². The first-order chi connectivity index (χ1) is 15.0. The molecule has 0 spiro atoms. The van der Waals surface area contributed by atoms with E-state index in [1.807, 2.05) is 12.1 Å². The Morgan fingerprint density at radius 2 is 1.32 bits per heavy atom. The Morgan fingerprint density at radius 1 is 0.774 bits per heavy atom. The molecule has 3 aromatic rings. The van der Waals surface area contributed by atoms with Gasteiger partial charge in [0, 0.05) is 35.6 Å². The van der Waals surface area contributed by atoms with Crippen LogP contribution >= 0.6 is 0 Å². The van der Waals surface area contributed by atoms with Crippen LogP contribution in [-0.2, 0) is 0 Å². The van der Waals surface area contributed by atoms with E-state index in [-0.39, 0.29) is 11.7 Å². The number of furan rings is 1. The molecule has 0 saturated heterocycles. The number of nitrogens with zero attached hydrogens (tertiary/aromatic N) is 1. The van der Waals surface area contributed by atoms with Gasteiger partial charge in [0.1, 0.15) is 0 Å². The Balaban J connectivity index is 1.53. The molecule has 2 aromatic carbocycles. The van der Waals surface area contributed by atoms with Crippen molar-refractivity contribution in [3.8, 4) is 0 Å². The molecule has 0 aliphatic heterocycles. The Hall–Kier alpha value is -4.07. The number of nitrogens with one attached hydrogen (secondary N) is 3. The number of rotatable bonds is 7. The molecular formula is C23H24N4O4. The average molecular weight is 420 g/mol. The molecule has 8 nitrogen and oxygen atoms in total. The SMILES string of the molecule is CCN(CC)c1ccc(C(=O)NNC(=O)c2ccc(NC(=O)c3ccco3)cc2)cc1. The van der Waals surface area contributed by atoms with E-state index in [0.717, 1.165) is 18.8 Å². The van der Waals surface area contributed by atoms with Crippen LogP contribution in [0.5, 0.6) is 0 Å². The topological polar surface area (TPSA) is 104 Å². The zero-order chi connectivity index (χ0) is 22.2. The summed E-state index contributed by atoms with van der Waals surface area (Å²) in [5.41, 5.74) is 7.10. The quantitative estimate of drug-likeness (QED) is 0.508. The summed E-state index contributed by atoms with van der Waals surface area (Å²) in [4.78, 5) is 38.7. The molecule has 0 fully saturated rings. The maximum absolute atomic E-state index is 12.3. The number of hydrogen-bond acceptors (Lipinski definition) is 5. The maximum Gasteiger partial charge on any atom is 0.291 e. The highest BCUT2D eigenvalue weighted by molar-refractivity contribution is 6.03. The maximum atomic E-state index is 12.3. The number of carbonyl (C=O) groups is 3. The lowest BCUT2D eigenvalue weighted by molar-refractivity contribution is 0.0846. The highest BCUT2D eigenvalue weighted by Crippen LogP contribution is 2.15. The van der Waals surface area contributed by atoms with Gasteiger partial charge in [-0.1, -0.05) is 0 Å². The summed E-state index contributed by atoms with van der Waals surface area (Å²) in [5.74, 6) is -1.09. The lowest BCUT2D eigenvalue weighted by Gasteiger charge is -2.21. The fourth-order valence-corrected chi connectivity index (χ4v) is 2.98. The first kappa shape index (κ1) is 21.6. The van der Waals surface area contributed by atoms with Crippen LogP contribution in [0.1, 0.15) is 45.1 Å². The predicted molar refractivity (Wildman–Crippen MR) is 118 cm³/mol. The van der Waals surface area contributed by atoms with E-state index in [1.54, 1.807) is 36.4 Å². The minimum atomic E-state index is -0.475. The van der Waals surface area contributed by atoms with Gasteiger partial charge in [0.15, 0.2) is 5.76 Å². The number of benzene rings is 2. The Morgan fingerprint density at radius 3 is 1.81 bits per heavy atom. The molecule has 1 heterocycles. The summed E-state index contributed by atoms with van der Waals surface area (Å²) in [6, 6.07) is 16.6.